The Morgan fingerprint density at radius 1 is 1.05 bits per heavy atom. The molecule has 1 aliphatic carbocycles. The first kappa shape index (κ1) is 20.4. The van der Waals surface area contributed by atoms with Gasteiger partial charge in [-0.2, -0.15) is 0 Å². The normalized spacial score (nSPS) is 27.8. The lowest BCUT2D eigenvalue weighted by atomic mass is 9.73. The van der Waals surface area contributed by atoms with Gasteiger partial charge in [-0.3, -0.25) is 0 Å². The second-order valence-electron chi connectivity index (χ2n) is 6.12. The minimum atomic E-state index is -1.49. The molecule has 0 amide bonds. The smallest absolute Gasteiger partial charge is 0.157 e. The Morgan fingerprint density at radius 3 is 1.95 bits per heavy atom. The summed E-state index contributed by atoms with van der Waals surface area (Å²) >= 11 is 0. The number of hydrogen-bond donors (Lipinski definition) is 0. The van der Waals surface area contributed by atoms with Crippen LogP contribution in [0.2, 0.25) is 0 Å². The summed E-state index contributed by atoms with van der Waals surface area (Å²) in [7, 11) is 1.46. The molecule has 21 heavy (non-hydrogen) atoms. The van der Waals surface area contributed by atoms with E-state index in [0.29, 0.717) is 12.3 Å². The van der Waals surface area contributed by atoms with E-state index in [0.717, 1.165) is 18.8 Å². The zero-order valence-electron chi connectivity index (χ0n) is 14.0. The first-order valence-corrected chi connectivity index (χ1v) is 8.19. The van der Waals surface area contributed by atoms with Crippen LogP contribution in [0.15, 0.2) is 0 Å². The van der Waals surface area contributed by atoms with E-state index in [-0.39, 0.29) is 5.92 Å². The van der Waals surface area contributed by atoms with E-state index in [2.05, 4.69) is 19.8 Å². The van der Waals surface area contributed by atoms with Crippen molar-refractivity contribution in [3.8, 4) is 12.8 Å². The fourth-order valence-corrected chi connectivity index (χ4v) is 3.40. The van der Waals surface area contributed by atoms with Gasteiger partial charge in [0, 0.05) is 7.11 Å². The fourth-order valence-electron chi connectivity index (χ4n) is 3.40. The summed E-state index contributed by atoms with van der Waals surface area (Å²) in [6.45, 7) is 5.93. The van der Waals surface area contributed by atoms with Crippen LogP contribution in [-0.4, -0.2) is 25.6 Å². The van der Waals surface area contributed by atoms with Gasteiger partial charge in [0.2, 0.25) is 0 Å². The van der Waals surface area contributed by atoms with Crippen LogP contribution in [0.25, 0.3) is 0 Å². The average molecular weight is 302 g/mol. The Hall–Kier alpha value is -0.620. The maximum Gasteiger partial charge on any atom is 0.157 e. The molecule has 1 aliphatic rings. The summed E-state index contributed by atoms with van der Waals surface area (Å²) in [4.78, 5) is 0. The Labute approximate surface area is 129 Å². The molecule has 0 aromatic rings. The second-order valence-corrected chi connectivity index (χ2v) is 6.12. The Morgan fingerprint density at radius 2 is 1.57 bits per heavy atom. The highest BCUT2D eigenvalue weighted by Crippen LogP contribution is 2.38. The molecule has 1 rings (SSSR count). The van der Waals surface area contributed by atoms with E-state index in [9.17, 15) is 8.78 Å². The average Bonchev–Trinajstić information content (AvgIpc) is 2.56. The third-order valence-electron chi connectivity index (χ3n) is 5.08. The lowest BCUT2D eigenvalue weighted by Gasteiger charge is -2.35. The van der Waals surface area contributed by atoms with Crippen molar-refractivity contribution in [2.75, 3.05) is 7.11 Å². The van der Waals surface area contributed by atoms with E-state index in [1.165, 1.54) is 26.4 Å². The third-order valence-corrected chi connectivity index (χ3v) is 5.08. The maximum atomic E-state index is 14.3. The van der Waals surface area contributed by atoms with E-state index < -0.39 is 18.4 Å². The summed E-state index contributed by atoms with van der Waals surface area (Å²) in [5, 5.41) is 0. The fraction of sp³-hybridized carbons (Fsp3) is 0.889. The summed E-state index contributed by atoms with van der Waals surface area (Å²) in [5.41, 5.74) is 0. The molecule has 0 aromatic carbocycles. The van der Waals surface area contributed by atoms with Crippen LogP contribution in [0.1, 0.15) is 59.3 Å². The van der Waals surface area contributed by atoms with Gasteiger partial charge in [0.25, 0.3) is 0 Å². The zero-order valence-corrected chi connectivity index (χ0v) is 14.0. The number of rotatable bonds is 7. The van der Waals surface area contributed by atoms with E-state index in [1.54, 1.807) is 0 Å². The molecule has 1 saturated carbocycles. The molecule has 0 heterocycles. The van der Waals surface area contributed by atoms with E-state index in [1.807, 2.05) is 13.8 Å². The van der Waals surface area contributed by atoms with Crippen LogP contribution < -0.4 is 0 Å². The topological polar surface area (TPSA) is 9.23 Å². The molecule has 0 radical (unpaired) electrons. The standard InChI is InChI=1S/C16H30F2O.C2H2/c1-5-12-7-9-13(10-8-12)11(3)15(17)16(18)14(6-2)19-4;1-2/h11-16H,5-10H2,1-4H3;1-2H. The van der Waals surface area contributed by atoms with Crippen LogP contribution in [0.4, 0.5) is 8.78 Å². The molecule has 0 aliphatic heterocycles. The number of methoxy groups -OCH3 is 1. The Bertz CT molecular complexity index is 268. The van der Waals surface area contributed by atoms with Crippen molar-refractivity contribution >= 4 is 0 Å². The van der Waals surface area contributed by atoms with E-state index >= 15 is 0 Å². The van der Waals surface area contributed by atoms with Gasteiger partial charge in [-0.15, -0.1) is 12.8 Å². The highest BCUT2D eigenvalue weighted by atomic mass is 19.2. The first-order valence-electron chi connectivity index (χ1n) is 8.19. The largest absolute Gasteiger partial charge is 0.378 e. The van der Waals surface area contributed by atoms with Gasteiger partial charge in [-0.05, 0) is 37.0 Å². The number of halogens is 2. The summed E-state index contributed by atoms with van der Waals surface area (Å²) in [5.74, 6) is 0.937. The maximum absolute atomic E-state index is 14.3. The van der Waals surface area contributed by atoms with Crippen LogP contribution in [0.5, 0.6) is 0 Å². The van der Waals surface area contributed by atoms with Gasteiger partial charge in [0.05, 0.1) is 6.10 Å². The lowest BCUT2D eigenvalue weighted by Crippen LogP contribution is -2.39. The Balaban J connectivity index is 0.00000191. The molecule has 0 bridgehead atoms. The highest BCUT2D eigenvalue weighted by Gasteiger charge is 2.37. The molecule has 0 spiro atoms. The zero-order chi connectivity index (χ0) is 16.4. The number of hydrogen-bond acceptors (Lipinski definition) is 1. The SMILES string of the molecule is C#C.CCC1CCC(C(C)C(F)C(F)C(CC)OC)CC1. The molecule has 0 aromatic heterocycles. The summed E-state index contributed by atoms with van der Waals surface area (Å²) in [6.07, 6.45) is 10.7. The van der Waals surface area contributed by atoms with Gasteiger partial charge in [0.15, 0.2) is 6.17 Å². The van der Waals surface area contributed by atoms with Crippen molar-refractivity contribution in [1.82, 2.24) is 0 Å². The molecule has 4 atom stereocenters. The van der Waals surface area contributed by atoms with Crippen LogP contribution >= 0.6 is 0 Å². The van der Waals surface area contributed by atoms with Crippen molar-refractivity contribution in [3.63, 3.8) is 0 Å². The van der Waals surface area contributed by atoms with Gasteiger partial charge >= 0.3 is 0 Å². The minimum Gasteiger partial charge on any atom is -0.378 e. The molecule has 0 N–H and O–H groups in total. The predicted molar refractivity (Wildman–Crippen MR) is 85.7 cm³/mol. The van der Waals surface area contributed by atoms with Crippen molar-refractivity contribution in [2.45, 2.75) is 77.7 Å². The molecule has 1 nitrogen and oxygen atoms in total. The number of ether oxygens (including phenoxy) is 1. The van der Waals surface area contributed by atoms with Gasteiger partial charge in [0.1, 0.15) is 6.17 Å². The van der Waals surface area contributed by atoms with Crippen molar-refractivity contribution in [3.05, 3.63) is 0 Å². The quantitative estimate of drug-likeness (QED) is 0.588. The Kier molecular flexibility index (Phi) is 10.7. The monoisotopic (exact) mass is 302 g/mol. The molecular formula is C18H32F2O. The molecule has 3 heteroatoms. The third kappa shape index (κ3) is 5.94. The van der Waals surface area contributed by atoms with Crippen molar-refractivity contribution < 1.29 is 13.5 Å². The molecule has 4 unspecified atom stereocenters. The number of terminal acetylenes is 1. The van der Waals surface area contributed by atoms with Crippen LogP contribution in [0, 0.1) is 30.6 Å². The lowest BCUT2D eigenvalue weighted by molar-refractivity contribution is -0.0321. The highest BCUT2D eigenvalue weighted by molar-refractivity contribution is 4.86. The van der Waals surface area contributed by atoms with Crippen molar-refractivity contribution in [1.29, 1.82) is 0 Å². The van der Waals surface area contributed by atoms with Gasteiger partial charge < -0.3 is 4.74 Å². The molecule has 0 saturated heterocycles. The van der Waals surface area contributed by atoms with E-state index in [4.69, 9.17) is 4.74 Å². The molecule has 1 fully saturated rings. The van der Waals surface area contributed by atoms with Crippen LogP contribution in [-0.2, 0) is 4.74 Å². The predicted octanol–water partition coefficient (Wildman–Crippen LogP) is 5.19. The van der Waals surface area contributed by atoms with Gasteiger partial charge in [-0.25, -0.2) is 8.78 Å². The molecular weight excluding hydrogens is 270 g/mol. The summed E-state index contributed by atoms with van der Waals surface area (Å²) in [6, 6.07) is 0. The van der Waals surface area contributed by atoms with Gasteiger partial charge in [-0.1, -0.05) is 40.0 Å². The van der Waals surface area contributed by atoms with Crippen molar-refractivity contribution in [2.24, 2.45) is 17.8 Å². The number of alkyl halides is 2. The minimum absolute atomic E-state index is 0.197. The van der Waals surface area contributed by atoms with Crippen LogP contribution in [0.3, 0.4) is 0 Å². The molecule has 124 valence electrons. The first-order chi connectivity index (χ1) is 10.0. The summed E-state index contributed by atoms with van der Waals surface area (Å²) < 4.78 is 33.5. The second kappa shape index (κ2) is 11.0.